The topological polar surface area (TPSA) is 116 Å². The van der Waals surface area contributed by atoms with Crippen LogP contribution in [0.15, 0.2) is 29.2 Å². The van der Waals surface area contributed by atoms with Gasteiger partial charge in [0, 0.05) is 32.6 Å². The number of benzene rings is 1. The number of rotatable bonds is 9. The predicted molar refractivity (Wildman–Crippen MR) is 93.6 cm³/mol. The molecule has 0 radical (unpaired) electrons. The summed E-state index contributed by atoms with van der Waals surface area (Å²) >= 11 is 0. The van der Waals surface area contributed by atoms with E-state index >= 15 is 0 Å². The summed E-state index contributed by atoms with van der Waals surface area (Å²) in [6.45, 7) is 4.11. The lowest BCUT2D eigenvalue weighted by Gasteiger charge is -2.21. The standard InChI is InChI=1S/C16H25N3O5S/c1-12(2)19(3)25(23,24)14-8-6-13(7-9-14)11-18-16(22)17-10-4-5-15(20)21/h6-9,12H,4-5,10-11H2,1-3H3,(H,20,21)(H2,17,18,22). The third-order valence-corrected chi connectivity index (χ3v) is 5.68. The van der Waals surface area contributed by atoms with Crippen molar-refractivity contribution in [3.8, 4) is 0 Å². The molecule has 0 atom stereocenters. The zero-order valence-corrected chi connectivity index (χ0v) is 15.5. The molecule has 2 amide bonds. The fourth-order valence-electron chi connectivity index (χ4n) is 1.91. The molecule has 9 heteroatoms. The summed E-state index contributed by atoms with van der Waals surface area (Å²) in [5, 5.41) is 13.7. The number of carboxylic acids is 1. The highest BCUT2D eigenvalue weighted by Crippen LogP contribution is 2.17. The van der Waals surface area contributed by atoms with Crippen molar-refractivity contribution in [1.82, 2.24) is 14.9 Å². The fourth-order valence-corrected chi connectivity index (χ4v) is 3.28. The minimum atomic E-state index is -3.52. The number of carbonyl (C=O) groups is 2. The maximum Gasteiger partial charge on any atom is 0.315 e. The summed E-state index contributed by atoms with van der Waals surface area (Å²) in [5.74, 6) is -0.902. The average Bonchev–Trinajstić information content (AvgIpc) is 2.56. The third-order valence-electron chi connectivity index (χ3n) is 3.63. The summed E-state index contributed by atoms with van der Waals surface area (Å²) in [4.78, 5) is 22.1. The van der Waals surface area contributed by atoms with Gasteiger partial charge in [-0.05, 0) is 38.0 Å². The molecule has 0 aliphatic carbocycles. The number of aliphatic carboxylic acids is 1. The van der Waals surface area contributed by atoms with Gasteiger partial charge in [0.15, 0.2) is 0 Å². The molecule has 0 saturated carbocycles. The van der Waals surface area contributed by atoms with Crippen LogP contribution in [0.1, 0.15) is 32.3 Å². The first kappa shape index (κ1) is 20.9. The van der Waals surface area contributed by atoms with E-state index in [2.05, 4.69) is 10.6 Å². The highest BCUT2D eigenvalue weighted by Gasteiger charge is 2.22. The van der Waals surface area contributed by atoms with Crippen LogP contribution in [0.3, 0.4) is 0 Å². The van der Waals surface area contributed by atoms with E-state index in [0.717, 1.165) is 5.56 Å². The molecule has 1 rings (SSSR count). The van der Waals surface area contributed by atoms with Crippen LogP contribution < -0.4 is 10.6 Å². The van der Waals surface area contributed by atoms with Crippen LogP contribution >= 0.6 is 0 Å². The SMILES string of the molecule is CC(C)N(C)S(=O)(=O)c1ccc(CNC(=O)NCCCC(=O)O)cc1. The van der Waals surface area contributed by atoms with Gasteiger partial charge in [-0.1, -0.05) is 12.1 Å². The fraction of sp³-hybridized carbons (Fsp3) is 0.500. The maximum absolute atomic E-state index is 12.4. The van der Waals surface area contributed by atoms with Crippen LogP contribution in [-0.2, 0) is 21.4 Å². The van der Waals surface area contributed by atoms with Crippen molar-refractivity contribution in [3.05, 3.63) is 29.8 Å². The van der Waals surface area contributed by atoms with Gasteiger partial charge in [0.05, 0.1) is 4.90 Å². The van der Waals surface area contributed by atoms with Gasteiger partial charge in [-0.2, -0.15) is 4.31 Å². The first-order valence-corrected chi connectivity index (χ1v) is 9.39. The zero-order chi connectivity index (χ0) is 19.0. The van der Waals surface area contributed by atoms with Gasteiger partial charge in [-0.15, -0.1) is 0 Å². The molecule has 0 heterocycles. The molecule has 0 bridgehead atoms. The Hall–Kier alpha value is -2.13. The first-order chi connectivity index (χ1) is 11.6. The van der Waals surface area contributed by atoms with E-state index in [9.17, 15) is 18.0 Å². The van der Waals surface area contributed by atoms with Gasteiger partial charge in [0.25, 0.3) is 0 Å². The molecular formula is C16H25N3O5S. The predicted octanol–water partition coefficient (Wildman–Crippen LogP) is 1.38. The maximum atomic E-state index is 12.4. The highest BCUT2D eigenvalue weighted by atomic mass is 32.2. The molecule has 0 spiro atoms. The smallest absolute Gasteiger partial charge is 0.315 e. The third kappa shape index (κ3) is 6.71. The molecule has 0 unspecified atom stereocenters. The van der Waals surface area contributed by atoms with E-state index in [0.29, 0.717) is 6.42 Å². The molecule has 1 aromatic rings. The molecule has 25 heavy (non-hydrogen) atoms. The molecule has 3 N–H and O–H groups in total. The molecule has 1 aromatic carbocycles. The summed E-state index contributed by atoms with van der Waals surface area (Å²) in [7, 11) is -1.99. The molecule has 0 aromatic heterocycles. The van der Waals surface area contributed by atoms with Crippen LogP contribution in [0.4, 0.5) is 4.79 Å². The minimum Gasteiger partial charge on any atom is -0.481 e. The molecular weight excluding hydrogens is 346 g/mol. The van der Waals surface area contributed by atoms with Crippen molar-refractivity contribution in [1.29, 1.82) is 0 Å². The number of nitrogens with zero attached hydrogens (tertiary/aromatic N) is 1. The van der Waals surface area contributed by atoms with Gasteiger partial charge in [-0.3, -0.25) is 4.79 Å². The summed E-state index contributed by atoms with van der Waals surface area (Å²) in [6, 6.07) is 5.77. The van der Waals surface area contributed by atoms with Gasteiger partial charge < -0.3 is 15.7 Å². The number of carbonyl (C=O) groups excluding carboxylic acids is 1. The molecule has 0 aliphatic heterocycles. The Morgan fingerprint density at radius 3 is 2.28 bits per heavy atom. The molecule has 0 aliphatic rings. The van der Waals surface area contributed by atoms with Crippen LogP contribution in [-0.4, -0.2) is 49.5 Å². The van der Waals surface area contributed by atoms with E-state index in [4.69, 9.17) is 5.11 Å². The van der Waals surface area contributed by atoms with Crippen LogP contribution in [0, 0.1) is 0 Å². The lowest BCUT2D eigenvalue weighted by Crippen LogP contribution is -2.35. The molecule has 140 valence electrons. The lowest BCUT2D eigenvalue weighted by atomic mass is 10.2. The number of urea groups is 1. The van der Waals surface area contributed by atoms with Crippen LogP contribution in [0.25, 0.3) is 0 Å². The Balaban J connectivity index is 2.52. The van der Waals surface area contributed by atoms with Crippen molar-refractivity contribution >= 4 is 22.0 Å². The second kappa shape index (κ2) is 9.38. The van der Waals surface area contributed by atoms with E-state index in [-0.39, 0.29) is 30.4 Å². The Morgan fingerprint density at radius 2 is 1.76 bits per heavy atom. The second-order valence-electron chi connectivity index (χ2n) is 5.87. The molecule has 0 fully saturated rings. The first-order valence-electron chi connectivity index (χ1n) is 7.95. The number of hydrogen-bond acceptors (Lipinski definition) is 4. The van der Waals surface area contributed by atoms with Crippen molar-refractivity contribution in [2.45, 2.75) is 44.2 Å². The Bertz CT molecular complexity index is 686. The quantitative estimate of drug-likeness (QED) is 0.567. The summed E-state index contributed by atoms with van der Waals surface area (Å²) in [5.41, 5.74) is 0.756. The highest BCUT2D eigenvalue weighted by molar-refractivity contribution is 7.89. The van der Waals surface area contributed by atoms with Gasteiger partial charge >= 0.3 is 12.0 Å². The summed E-state index contributed by atoms with van der Waals surface area (Å²) in [6.07, 6.45) is 0.361. The van der Waals surface area contributed by atoms with Gasteiger partial charge in [0.2, 0.25) is 10.0 Å². The Kier molecular flexibility index (Phi) is 7.85. The van der Waals surface area contributed by atoms with E-state index < -0.39 is 22.0 Å². The number of hydrogen-bond donors (Lipinski definition) is 3. The number of amides is 2. The zero-order valence-electron chi connectivity index (χ0n) is 14.7. The largest absolute Gasteiger partial charge is 0.481 e. The van der Waals surface area contributed by atoms with Crippen molar-refractivity contribution in [2.24, 2.45) is 0 Å². The van der Waals surface area contributed by atoms with E-state index in [1.807, 2.05) is 0 Å². The van der Waals surface area contributed by atoms with Gasteiger partial charge in [0.1, 0.15) is 0 Å². The van der Waals surface area contributed by atoms with Crippen molar-refractivity contribution in [2.75, 3.05) is 13.6 Å². The van der Waals surface area contributed by atoms with Gasteiger partial charge in [-0.25, -0.2) is 13.2 Å². The Labute approximate surface area is 148 Å². The average molecular weight is 371 g/mol. The van der Waals surface area contributed by atoms with Crippen molar-refractivity contribution in [3.63, 3.8) is 0 Å². The monoisotopic (exact) mass is 371 g/mol. The number of sulfonamides is 1. The number of nitrogens with one attached hydrogen (secondary N) is 2. The number of carboxylic acid groups (broad SMARTS) is 1. The van der Waals surface area contributed by atoms with Crippen LogP contribution in [0.5, 0.6) is 0 Å². The van der Waals surface area contributed by atoms with Crippen molar-refractivity contribution < 1.29 is 23.1 Å². The molecule has 0 saturated heterocycles. The molecule has 8 nitrogen and oxygen atoms in total. The second-order valence-corrected chi connectivity index (χ2v) is 7.86. The lowest BCUT2D eigenvalue weighted by molar-refractivity contribution is -0.137. The summed E-state index contributed by atoms with van der Waals surface area (Å²) < 4.78 is 26.0. The minimum absolute atomic E-state index is 0.00103. The van der Waals surface area contributed by atoms with Crippen LogP contribution in [0.2, 0.25) is 0 Å². The normalized spacial score (nSPS) is 11.6. The Morgan fingerprint density at radius 1 is 1.16 bits per heavy atom. The van der Waals surface area contributed by atoms with E-state index in [1.54, 1.807) is 26.0 Å². The van der Waals surface area contributed by atoms with E-state index in [1.165, 1.54) is 23.5 Å².